The molecule has 0 N–H and O–H groups in total. The molecular formula is CH4BaO3Ti. The normalized spacial score (nSPS) is 4.33. The Hall–Kier alpha value is 2.01. The van der Waals surface area contributed by atoms with E-state index in [2.05, 4.69) is 0 Å². The van der Waals surface area contributed by atoms with Crippen LogP contribution in [0.5, 0.6) is 0 Å². The summed E-state index contributed by atoms with van der Waals surface area (Å²) in [4.78, 5) is 0. The Bertz CT molecular complexity index is 33.8. The molecule has 0 bridgehead atoms. The summed E-state index contributed by atoms with van der Waals surface area (Å²) in [6, 6.07) is 0. The van der Waals surface area contributed by atoms with Crippen LogP contribution in [-0.4, -0.2) is 48.9 Å². The van der Waals surface area contributed by atoms with Crippen molar-refractivity contribution >= 4 is 48.9 Å². The monoisotopic (exact) mass is 250 g/mol. The van der Waals surface area contributed by atoms with Gasteiger partial charge in [0.05, 0.1) is 0 Å². The first-order valence-corrected chi connectivity index (χ1v) is 2.52. The van der Waals surface area contributed by atoms with Crippen molar-refractivity contribution in [1.82, 2.24) is 0 Å². The predicted molar refractivity (Wildman–Crippen MR) is 13.2 cm³/mol. The average Bonchev–Trinajstić information content (AvgIpc) is 0.811. The zero-order valence-electron chi connectivity index (χ0n) is 2.43. The van der Waals surface area contributed by atoms with Crippen LogP contribution in [0.4, 0.5) is 0 Å². The van der Waals surface area contributed by atoms with Crippen molar-refractivity contribution in [2.75, 3.05) is 0 Å². The summed E-state index contributed by atoms with van der Waals surface area (Å²) >= 11 is -4.08. The number of hydrogen-bond acceptors (Lipinski definition) is 3. The van der Waals surface area contributed by atoms with E-state index in [-0.39, 0.29) is 56.3 Å². The van der Waals surface area contributed by atoms with Gasteiger partial charge in [0.25, 0.3) is 0 Å². The fraction of sp³-hybridized carbons (Fsp3) is 1.00. The molecule has 0 aromatic carbocycles. The second-order valence-electron chi connectivity index (χ2n) is 0.250. The van der Waals surface area contributed by atoms with Crippen LogP contribution in [0.2, 0.25) is 0 Å². The van der Waals surface area contributed by atoms with Crippen LogP contribution in [0, 0.1) is 0 Å². The molecule has 0 saturated carbocycles. The summed E-state index contributed by atoms with van der Waals surface area (Å²) in [6.07, 6.45) is 0. The topological polar surface area (TPSA) is 63.2 Å². The standard InChI is InChI=1S/CH4.Ba.3O.Ti/h1H4;;;;;/q;+2;;2*-1;. The molecule has 0 fully saturated rings. The predicted octanol–water partition coefficient (Wildman–Crippen LogP) is -2.24. The van der Waals surface area contributed by atoms with Gasteiger partial charge in [-0.1, -0.05) is 7.43 Å². The van der Waals surface area contributed by atoms with E-state index < -0.39 is 18.6 Å². The summed E-state index contributed by atoms with van der Waals surface area (Å²) in [6.45, 7) is 0. The molecule has 0 unspecified atom stereocenters. The van der Waals surface area contributed by atoms with Gasteiger partial charge in [-0.3, -0.25) is 0 Å². The summed E-state index contributed by atoms with van der Waals surface area (Å²) < 4.78 is 25.8. The second-order valence-corrected chi connectivity index (χ2v) is 1.03. The molecule has 0 aliphatic carbocycles. The Balaban J connectivity index is -0.0000000450. The molecule has 6 heavy (non-hydrogen) atoms. The number of rotatable bonds is 0. The van der Waals surface area contributed by atoms with E-state index in [0.717, 1.165) is 0 Å². The van der Waals surface area contributed by atoms with Gasteiger partial charge in [0.2, 0.25) is 0 Å². The van der Waals surface area contributed by atoms with Gasteiger partial charge in [-0.2, -0.15) is 0 Å². The van der Waals surface area contributed by atoms with E-state index in [0.29, 0.717) is 0 Å². The molecule has 0 heterocycles. The van der Waals surface area contributed by atoms with Gasteiger partial charge >= 0.3 is 78.2 Å². The summed E-state index contributed by atoms with van der Waals surface area (Å²) in [5.41, 5.74) is 0. The van der Waals surface area contributed by atoms with Crippen LogP contribution in [0.15, 0.2) is 0 Å². The molecule has 0 spiro atoms. The molecule has 0 aliphatic rings. The molecule has 0 atom stereocenters. The van der Waals surface area contributed by atoms with Crippen molar-refractivity contribution in [3.63, 3.8) is 0 Å². The van der Waals surface area contributed by atoms with Gasteiger partial charge in [0.1, 0.15) is 0 Å². The maximum absolute atomic E-state index is 8.58. The fourth-order valence-corrected chi connectivity index (χ4v) is 0. The molecular weight excluding hydrogens is 245 g/mol. The zero-order chi connectivity index (χ0) is 3.58. The quantitative estimate of drug-likeness (QED) is 0.456. The van der Waals surface area contributed by atoms with Crippen LogP contribution >= 0.6 is 0 Å². The van der Waals surface area contributed by atoms with Crippen molar-refractivity contribution in [3.8, 4) is 0 Å². The third-order valence-electron chi connectivity index (χ3n) is 0. The summed E-state index contributed by atoms with van der Waals surface area (Å²) in [5.74, 6) is 0. The van der Waals surface area contributed by atoms with Gasteiger partial charge in [0.15, 0.2) is 0 Å². The van der Waals surface area contributed by atoms with E-state index >= 15 is 0 Å². The first-order valence-electron chi connectivity index (χ1n) is 0.612. The van der Waals surface area contributed by atoms with Gasteiger partial charge in [-0.25, -0.2) is 0 Å². The van der Waals surface area contributed by atoms with Gasteiger partial charge in [0, 0.05) is 0 Å². The molecule has 32 valence electrons. The second kappa shape index (κ2) is 10.1. The Morgan fingerprint density at radius 3 is 1.33 bits per heavy atom. The molecule has 0 amide bonds. The SMILES string of the molecule is C.[Ba+2].[O]=[Ti]([O-])[O-]. The van der Waals surface area contributed by atoms with E-state index in [4.69, 9.17) is 10.7 Å². The number of hydrogen-bond donors (Lipinski definition) is 0. The Morgan fingerprint density at radius 1 is 1.33 bits per heavy atom. The van der Waals surface area contributed by atoms with Crippen molar-refractivity contribution in [1.29, 1.82) is 0 Å². The molecule has 0 aromatic rings. The third-order valence-corrected chi connectivity index (χ3v) is 0. The van der Waals surface area contributed by atoms with Gasteiger partial charge < -0.3 is 0 Å². The Labute approximate surface area is 83.9 Å². The first kappa shape index (κ1) is 15.7. The molecule has 0 radical (unpaired) electrons. The van der Waals surface area contributed by atoms with Crippen LogP contribution in [0.3, 0.4) is 0 Å². The molecule has 0 rings (SSSR count). The van der Waals surface area contributed by atoms with E-state index in [1.54, 1.807) is 0 Å². The average molecular weight is 249 g/mol. The van der Waals surface area contributed by atoms with Crippen molar-refractivity contribution in [2.24, 2.45) is 0 Å². The van der Waals surface area contributed by atoms with Gasteiger partial charge in [-0.05, 0) is 0 Å². The van der Waals surface area contributed by atoms with E-state index in [1.807, 2.05) is 0 Å². The van der Waals surface area contributed by atoms with Crippen LogP contribution in [-0.2, 0) is 21.9 Å². The van der Waals surface area contributed by atoms with Crippen LogP contribution in [0.25, 0.3) is 0 Å². The fourth-order valence-electron chi connectivity index (χ4n) is 0. The van der Waals surface area contributed by atoms with Crippen LogP contribution in [0.1, 0.15) is 7.43 Å². The minimum absolute atomic E-state index is 0. The zero-order valence-corrected chi connectivity index (χ0v) is 8.43. The molecule has 0 saturated heterocycles. The summed E-state index contributed by atoms with van der Waals surface area (Å²) in [5, 5.41) is 0. The molecule has 5 heteroatoms. The van der Waals surface area contributed by atoms with Gasteiger partial charge in [-0.15, -0.1) is 0 Å². The van der Waals surface area contributed by atoms with Crippen molar-refractivity contribution in [2.45, 2.75) is 7.43 Å². The van der Waals surface area contributed by atoms with Crippen LogP contribution < -0.4 is 7.38 Å². The van der Waals surface area contributed by atoms with Crippen molar-refractivity contribution in [3.05, 3.63) is 0 Å². The third kappa shape index (κ3) is 37.4. The Morgan fingerprint density at radius 2 is 1.33 bits per heavy atom. The van der Waals surface area contributed by atoms with E-state index in [1.165, 1.54) is 0 Å². The Kier molecular flexibility index (Phi) is 26.4. The molecule has 3 nitrogen and oxygen atoms in total. The molecule has 0 aliphatic heterocycles. The maximum atomic E-state index is 8.58. The minimum atomic E-state index is -4.08. The van der Waals surface area contributed by atoms with E-state index in [9.17, 15) is 0 Å². The molecule has 0 aromatic heterocycles. The first-order chi connectivity index (χ1) is 1.73. The summed E-state index contributed by atoms with van der Waals surface area (Å²) in [7, 11) is 0. The van der Waals surface area contributed by atoms with Crippen molar-refractivity contribution < 1.29 is 29.3 Å².